The topological polar surface area (TPSA) is 48.9 Å². The molecule has 1 aromatic heterocycles. The van der Waals surface area contributed by atoms with Crippen LogP contribution in [-0.4, -0.2) is 50.8 Å². The minimum Gasteiger partial charge on any atom is -0.379 e. The number of hydrogen-bond donors (Lipinski definition) is 2. The zero-order chi connectivity index (χ0) is 18.2. The molecule has 3 rings (SSSR count). The first-order chi connectivity index (χ1) is 12.8. The van der Waals surface area contributed by atoms with Crippen molar-refractivity contribution in [3.05, 3.63) is 58.0 Å². The van der Waals surface area contributed by atoms with Crippen molar-refractivity contribution >= 4 is 41.3 Å². The van der Waals surface area contributed by atoms with Crippen LogP contribution >= 0.6 is 35.3 Å². The monoisotopic (exact) mass is 504 g/mol. The highest BCUT2D eigenvalue weighted by Crippen LogP contribution is 2.25. The van der Waals surface area contributed by atoms with E-state index in [1.807, 2.05) is 0 Å². The normalized spacial score (nSPS) is 16.4. The molecule has 0 amide bonds. The molecule has 8 heteroatoms. The van der Waals surface area contributed by atoms with Gasteiger partial charge in [0.05, 0.1) is 19.3 Å². The van der Waals surface area contributed by atoms with Gasteiger partial charge in [0.1, 0.15) is 5.82 Å². The molecule has 0 spiro atoms. The Kier molecular flexibility index (Phi) is 9.46. The molecule has 5 nitrogen and oxygen atoms in total. The molecule has 1 aliphatic heterocycles. The van der Waals surface area contributed by atoms with E-state index in [-0.39, 0.29) is 29.8 Å². The van der Waals surface area contributed by atoms with Crippen LogP contribution in [0.2, 0.25) is 0 Å². The van der Waals surface area contributed by atoms with Crippen molar-refractivity contribution in [2.75, 3.05) is 39.9 Å². The van der Waals surface area contributed by atoms with Crippen LogP contribution in [0.15, 0.2) is 46.8 Å². The number of guanidine groups is 1. The van der Waals surface area contributed by atoms with E-state index in [1.165, 1.54) is 17.0 Å². The molecule has 1 aliphatic rings. The second-order valence-electron chi connectivity index (χ2n) is 6.11. The number of hydrogen-bond acceptors (Lipinski definition) is 4. The molecule has 2 aromatic rings. The van der Waals surface area contributed by atoms with Crippen molar-refractivity contribution in [3.63, 3.8) is 0 Å². The van der Waals surface area contributed by atoms with Gasteiger partial charge in [0.25, 0.3) is 0 Å². The predicted octanol–water partition coefficient (Wildman–Crippen LogP) is 3.24. The van der Waals surface area contributed by atoms with E-state index in [2.05, 4.69) is 38.0 Å². The average Bonchev–Trinajstić information content (AvgIpc) is 3.21. The standard InChI is InChI=1S/C19H25FN4OS.HI/c1-21-19(22-13-15-4-6-16(20)7-5-15)23-14-17(18-3-2-12-26-18)24-8-10-25-11-9-24;/h2-7,12,17H,8-11,13-14H2,1H3,(H2,21,22,23);1H. The molecule has 1 unspecified atom stereocenters. The molecular formula is C19H26FIN4OS. The second kappa shape index (κ2) is 11.6. The zero-order valence-electron chi connectivity index (χ0n) is 15.4. The van der Waals surface area contributed by atoms with Crippen LogP contribution in [0.25, 0.3) is 0 Å². The van der Waals surface area contributed by atoms with Gasteiger partial charge in [-0.05, 0) is 29.1 Å². The summed E-state index contributed by atoms with van der Waals surface area (Å²) in [4.78, 5) is 8.09. The molecule has 0 saturated carbocycles. The van der Waals surface area contributed by atoms with Crippen LogP contribution in [-0.2, 0) is 11.3 Å². The third kappa shape index (κ3) is 6.70. The van der Waals surface area contributed by atoms with E-state index in [0.717, 1.165) is 44.4 Å². The van der Waals surface area contributed by atoms with Crippen LogP contribution in [0.4, 0.5) is 4.39 Å². The van der Waals surface area contributed by atoms with Crippen molar-refractivity contribution in [2.45, 2.75) is 12.6 Å². The summed E-state index contributed by atoms with van der Waals surface area (Å²) in [5.41, 5.74) is 1.01. The Hall–Kier alpha value is -1.23. The Morgan fingerprint density at radius 2 is 1.96 bits per heavy atom. The van der Waals surface area contributed by atoms with Crippen molar-refractivity contribution in [3.8, 4) is 0 Å². The lowest BCUT2D eigenvalue weighted by Crippen LogP contribution is -2.46. The SMILES string of the molecule is CN=C(NCc1ccc(F)cc1)NCC(c1cccs1)N1CCOCC1.I. The summed E-state index contributed by atoms with van der Waals surface area (Å²) in [6.07, 6.45) is 0. The number of halogens is 2. The fourth-order valence-corrected chi connectivity index (χ4v) is 3.84. The molecule has 27 heavy (non-hydrogen) atoms. The number of benzene rings is 1. The number of ether oxygens (including phenoxy) is 1. The highest BCUT2D eigenvalue weighted by molar-refractivity contribution is 14.0. The first-order valence-corrected chi connectivity index (χ1v) is 9.68. The van der Waals surface area contributed by atoms with E-state index >= 15 is 0 Å². The Morgan fingerprint density at radius 1 is 1.22 bits per heavy atom. The van der Waals surface area contributed by atoms with Crippen LogP contribution in [0.5, 0.6) is 0 Å². The second-order valence-corrected chi connectivity index (χ2v) is 7.09. The summed E-state index contributed by atoms with van der Waals surface area (Å²) in [7, 11) is 1.76. The Balaban J connectivity index is 0.00000261. The van der Waals surface area contributed by atoms with Gasteiger partial charge >= 0.3 is 0 Å². The van der Waals surface area contributed by atoms with Gasteiger partial charge in [-0.3, -0.25) is 9.89 Å². The fraction of sp³-hybridized carbons (Fsp3) is 0.421. The summed E-state index contributed by atoms with van der Waals surface area (Å²) in [6.45, 7) is 4.79. The molecule has 148 valence electrons. The van der Waals surface area contributed by atoms with Gasteiger partial charge in [-0.15, -0.1) is 35.3 Å². The zero-order valence-corrected chi connectivity index (χ0v) is 18.5. The summed E-state index contributed by atoms with van der Waals surface area (Å²) in [5.74, 6) is 0.518. The lowest BCUT2D eigenvalue weighted by atomic mass is 10.2. The highest BCUT2D eigenvalue weighted by atomic mass is 127. The number of nitrogens with zero attached hydrogens (tertiary/aromatic N) is 2. The lowest BCUT2D eigenvalue weighted by Gasteiger charge is -2.34. The molecule has 1 saturated heterocycles. The molecular weight excluding hydrogens is 478 g/mol. The molecule has 1 atom stereocenters. The summed E-state index contributed by atoms with van der Waals surface area (Å²) < 4.78 is 18.5. The Bertz CT molecular complexity index is 690. The van der Waals surface area contributed by atoms with E-state index in [9.17, 15) is 4.39 Å². The highest BCUT2D eigenvalue weighted by Gasteiger charge is 2.23. The van der Waals surface area contributed by atoms with Crippen LogP contribution in [0.1, 0.15) is 16.5 Å². The minimum atomic E-state index is -0.222. The quantitative estimate of drug-likeness (QED) is 0.361. The van der Waals surface area contributed by atoms with Gasteiger partial charge < -0.3 is 15.4 Å². The Morgan fingerprint density at radius 3 is 2.59 bits per heavy atom. The number of thiophene rings is 1. The maximum atomic E-state index is 13.0. The van der Waals surface area contributed by atoms with Crippen LogP contribution in [0, 0.1) is 5.82 Å². The van der Waals surface area contributed by atoms with Crippen LogP contribution in [0.3, 0.4) is 0 Å². The van der Waals surface area contributed by atoms with Gasteiger partial charge in [-0.1, -0.05) is 18.2 Å². The van der Waals surface area contributed by atoms with Crippen molar-refractivity contribution in [2.24, 2.45) is 4.99 Å². The minimum absolute atomic E-state index is 0. The summed E-state index contributed by atoms with van der Waals surface area (Å²) >= 11 is 1.78. The van der Waals surface area contributed by atoms with Gasteiger partial charge in [0.15, 0.2) is 5.96 Å². The average molecular weight is 504 g/mol. The van der Waals surface area contributed by atoms with Crippen molar-refractivity contribution in [1.29, 1.82) is 0 Å². The van der Waals surface area contributed by atoms with Crippen molar-refractivity contribution in [1.82, 2.24) is 15.5 Å². The summed E-state index contributed by atoms with van der Waals surface area (Å²) in [5, 5.41) is 8.83. The molecule has 2 N–H and O–H groups in total. The molecule has 1 aromatic carbocycles. The smallest absolute Gasteiger partial charge is 0.191 e. The number of morpholine rings is 1. The number of nitrogens with one attached hydrogen (secondary N) is 2. The van der Waals surface area contributed by atoms with Gasteiger partial charge in [0, 0.05) is 38.1 Å². The third-order valence-corrected chi connectivity index (χ3v) is 5.39. The number of rotatable bonds is 6. The largest absolute Gasteiger partial charge is 0.379 e. The maximum absolute atomic E-state index is 13.0. The summed E-state index contributed by atoms with van der Waals surface area (Å²) in [6, 6.07) is 11.1. The number of aliphatic imine (C=N–C) groups is 1. The fourth-order valence-electron chi connectivity index (χ4n) is 2.98. The maximum Gasteiger partial charge on any atom is 0.191 e. The Labute approximate surface area is 181 Å². The first-order valence-electron chi connectivity index (χ1n) is 8.80. The molecule has 1 fully saturated rings. The van der Waals surface area contributed by atoms with Gasteiger partial charge in [-0.2, -0.15) is 0 Å². The third-order valence-electron chi connectivity index (χ3n) is 4.42. The predicted molar refractivity (Wildman–Crippen MR) is 119 cm³/mol. The molecule has 2 heterocycles. The van der Waals surface area contributed by atoms with Gasteiger partial charge in [-0.25, -0.2) is 4.39 Å². The first kappa shape index (κ1) is 22.1. The van der Waals surface area contributed by atoms with E-state index < -0.39 is 0 Å². The van der Waals surface area contributed by atoms with Crippen molar-refractivity contribution < 1.29 is 9.13 Å². The molecule has 0 radical (unpaired) electrons. The van der Waals surface area contributed by atoms with Crippen LogP contribution < -0.4 is 10.6 Å². The molecule has 0 bridgehead atoms. The van der Waals surface area contributed by atoms with E-state index in [4.69, 9.17) is 4.74 Å². The molecule has 0 aliphatic carbocycles. The van der Waals surface area contributed by atoms with E-state index in [1.54, 1.807) is 30.5 Å². The van der Waals surface area contributed by atoms with E-state index in [0.29, 0.717) is 12.6 Å². The van der Waals surface area contributed by atoms with Gasteiger partial charge in [0.2, 0.25) is 0 Å². The lowest BCUT2D eigenvalue weighted by molar-refractivity contribution is 0.0177.